The number of rotatable bonds is 48. The largest absolute Gasteiger partial charge is 0.462 e. The van der Waals surface area contributed by atoms with E-state index in [0.29, 0.717) is 19.4 Å². The van der Waals surface area contributed by atoms with E-state index in [4.69, 9.17) is 14.2 Å². The van der Waals surface area contributed by atoms with E-state index in [0.717, 1.165) is 70.6 Å². The normalized spacial score (nSPS) is 12.5. The molecule has 5 nitrogen and oxygen atoms in total. The van der Waals surface area contributed by atoms with Crippen LogP contribution in [0.5, 0.6) is 0 Å². The van der Waals surface area contributed by atoms with Crippen molar-refractivity contribution in [1.82, 2.24) is 0 Å². The van der Waals surface area contributed by atoms with Gasteiger partial charge in [-0.15, -0.1) is 0 Å². The van der Waals surface area contributed by atoms with Crippen molar-refractivity contribution in [2.75, 3.05) is 19.8 Å². The van der Waals surface area contributed by atoms with Gasteiger partial charge in [0.15, 0.2) is 6.10 Å². The van der Waals surface area contributed by atoms with Crippen LogP contribution in [-0.4, -0.2) is 37.9 Å². The minimum absolute atomic E-state index is 0.0822. The zero-order valence-electron chi connectivity index (χ0n) is 40.2. The van der Waals surface area contributed by atoms with E-state index in [2.05, 4.69) is 69.4 Å². The molecule has 0 bridgehead atoms. The summed E-state index contributed by atoms with van der Waals surface area (Å²) in [5.41, 5.74) is 0. The summed E-state index contributed by atoms with van der Waals surface area (Å²) < 4.78 is 17.4. The van der Waals surface area contributed by atoms with Crippen LogP contribution in [0.3, 0.4) is 0 Å². The first-order valence-corrected chi connectivity index (χ1v) is 26.2. The molecular formula is C55H100O5. The molecule has 0 aliphatic rings. The Balaban J connectivity index is 4.22. The van der Waals surface area contributed by atoms with Gasteiger partial charge in [0.05, 0.1) is 6.61 Å². The molecule has 0 aliphatic heterocycles. The SMILES string of the molecule is CC/C=C\C/C=C\C/C=C\CCCCCCCCCCOCC(COC(=O)CCCCCCCCCCCCCCCCC)OC(=O)CCCCCCC/C=C\CCCC. The molecule has 5 heteroatoms. The van der Waals surface area contributed by atoms with Crippen molar-refractivity contribution in [2.24, 2.45) is 0 Å². The van der Waals surface area contributed by atoms with Gasteiger partial charge in [-0.3, -0.25) is 9.59 Å². The number of allylic oxidation sites excluding steroid dienone is 8. The predicted octanol–water partition coefficient (Wildman–Crippen LogP) is 17.6. The maximum atomic E-state index is 12.8. The molecule has 0 heterocycles. The number of hydrogen-bond acceptors (Lipinski definition) is 5. The first kappa shape index (κ1) is 57.9. The molecule has 1 atom stereocenters. The summed E-state index contributed by atoms with van der Waals surface area (Å²) >= 11 is 0. The third kappa shape index (κ3) is 48.5. The lowest BCUT2D eigenvalue weighted by molar-refractivity contribution is -0.163. The zero-order valence-corrected chi connectivity index (χ0v) is 40.2. The van der Waals surface area contributed by atoms with E-state index in [1.54, 1.807) is 0 Å². The molecule has 0 aromatic rings. The van der Waals surface area contributed by atoms with Crippen LogP contribution in [-0.2, 0) is 23.8 Å². The molecule has 350 valence electrons. The minimum atomic E-state index is -0.540. The molecular weight excluding hydrogens is 741 g/mol. The Bertz CT molecular complexity index is 997. The Morgan fingerprint density at radius 1 is 0.383 bits per heavy atom. The molecule has 0 N–H and O–H groups in total. The second-order valence-corrected chi connectivity index (χ2v) is 17.4. The summed E-state index contributed by atoms with van der Waals surface area (Å²) in [5, 5.41) is 0. The highest BCUT2D eigenvalue weighted by Crippen LogP contribution is 2.15. The van der Waals surface area contributed by atoms with Crippen molar-refractivity contribution in [3.05, 3.63) is 48.6 Å². The molecule has 0 spiro atoms. The average Bonchev–Trinajstić information content (AvgIpc) is 3.25. The van der Waals surface area contributed by atoms with Gasteiger partial charge in [-0.05, 0) is 70.6 Å². The Morgan fingerprint density at radius 3 is 1.27 bits per heavy atom. The molecule has 0 radical (unpaired) electrons. The van der Waals surface area contributed by atoms with E-state index in [1.807, 2.05) is 0 Å². The number of hydrogen-bond donors (Lipinski definition) is 0. The monoisotopic (exact) mass is 841 g/mol. The lowest BCUT2D eigenvalue weighted by atomic mass is 10.0. The van der Waals surface area contributed by atoms with E-state index in [-0.39, 0.29) is 25.2 Å². The molecule has 0 rings (SSSR count). The van der Waals surface area contributed by atoms with Gasteiger partial charge in [0.25, 0.3) is 0 Å². The lowest BCUT2D eigenvalue weighted by Gasteiger charge is -2.18. The number of ether oxygens (including phenoxy) is 3. The molecule has 0 aliphatic carbocycles. The summed E-state index contributed by atoms with van der Waals surface area (Å²) in [6, 6.07) is 0. The first-order chi connectivity index (χ1) is 29.6. The maximum absolute atomic E-state index is 12.8. The standard InChI is InChI=1S/C55H100O5/c1-4-7-10-13-16-19-22-24-26-27-28-30-32-35-38-41-44-47-50-58-51-53(60-55(57)49-46-43-40-37-33-21-18-15-12-9-6-3)52-59-54(56)48-45-42-39-36-34-31-29-25-23-20-17-14-11-8-5-2/h7,10,15-16,18-19,24,26,53H,4-6,8-9,11-14,17,20-23,25,27-52H2,1-3H3/b10-7-,18-15-,19-16-,26-24-. The highest BCUT2D eigenvalue weighted by molar-refractivity contribution is 5.70. The van der Waals surface area contributed by atoms with Crippen LogP contribution in [0.2, 0.25) is 0 Å². The Kier molecular flexibility index (Phi) is 49.4. The van der Waals surface area contributed by atoms with Gasteiger partial charge in [0.2, 0.25) is 0 Å². The quantitative estimate of drug-likeness (QED) is 0.0347. The van der Waals surface area contributed by atoms with Crippen molar-refractivity contribution in [2.45, 2.75) is 271 Å². The molecule has 0 amide bonds. The molecule has 0 aromatic carbocycles. The van der Waals surface area contributed by atoms with Crippen LogP contribution in [0.1, 0.15) is 265 Å². The first-order valence-electron chi connectivity index (χ1n) is 26.2. The summed E-state index contributed by atoms with van der Waals surface area (Å²) in [4.78, 5) is 25.4. The number of carbonyl (C=O) groups excluding carboxylic acids is 2. The summed E-state index contributed by atoms with van der Waals surface area (Å²) in [7, 11) is 0. The van der Waals surface area contributed by atoms with Crippen molar-refractivity contribution in [3.63, 3.8) is 0 Å². The zero-order chi connectivity index (χ0) is 43.5. The van der Waals surface area contributed by atoms with Crippen LogP contribution in [0.15, 0.2) is 48.6 Å². The molecule has 0 aromatic heterocycles. The fraction of sp³-hybridized carbons (Fsp3) is 0.818. The molecule has 1 unspecified atom stereocenters. The predicted molar refractivity (Wildman–Crippen MR) is 261 cm³/mol. The van der Waals surface area contributed by atoms with Crippen LogP contribution in [0.25, 0.3) is 0 Å². The van der Waals surface area contributed by atoms with Gasteiger partial charge in [-0.2, -0.15) is 0 Å². The minimum Gasteiger partial charge on any atom is -0.462 e. The fourth-order valence-electron chi connectivity index (χ4n) is 7.45. The fourth-order valence-corrected chi connectivity index (χ4v) is 7.45. The summed E-state index contributed by atoms with van der Waals surface area (Å²) in [6.45, 7) is 7.69. The van der Waals surface area contributed by atoms with E-state index < -0.39 is 6.10 Å². The van der Waals surface area contributed by atoms with Crippen LogP contribution >= 0.6 is 0 Å². The molecule has 60 heavy (non-hydrogen) atoms. The topological polar surface area (TPSA) is 61.8 Å². The van der Waals surface area contributed by atoms with Gasteiger partial charge in [-0.25, -0.2) is 0 Å². The van der Waals surface area contributed by atoms with Gasteiger partial charge in [0.1, 0.15) is 6.61 Å². The third-order valence-corrected chi connectivity index (χ3v) is 11.3. The number of esters is 2. The van der Waals surface area contributed by atoms with Crippen molar-refractivity contribution in [3.8, 4) is 0 Å². The van der Waals surface area contributed by atoms with Crippen LogP contribution in [0, 0.1) is 0 Å². The van der Waals surface area contributed by atoms with Crippen molar-refractivity contribution >= 4 is 11.9 Å². The van der Waals surface area contributed by atoms with E-state index in [9.17, 15) is 9.59 Å². The third-order valence-electron chi connectivity index (χ3n) is 11.3. The number of unbranched alkanes of at least 4 members (excludes halogenated alkanes) is 29. The van der Waals surface area contributed by atoms with E-state index in [1.165, 1.54) is 161 Å². The Morgan fingerprint density at radius 2 is 0.767 bits per heavy atom. The van der Waals surface area contributed by atoms with Crippen LogP contribution in [0.4, 0.5) is 0 Å². The van der Waals surface area contributed by atoms with Gasteiger partial charge in [-0.1, -0.05) is 230 Å². The van der Waals surface area contributed by atoms with Gasteiger partial charge in [0, 0.05) is 19.4 Å². The average molecular weight is 841 g/mol. The molecule has 0 fully saturated rings. The smallest absolute Gasteiger partial charge is 0.306 e. The Hall–Kier alpha value is -2.14. The second-order valence-electron chi connectivity index (χ2n) is 17.4. The molecule has 0 saturated carbocycles. The lowest BCUT2D eigenvalue weighted by Crippen LogP contribution is -2.30. The highest BCUT2D eigenvalue weighted by Gasteiger charge is 2.17. The van der Waals surface area contributed by atoms with Crippen molar-refractivity contribution in [1.29, 1.82) is 0 Å². The van der Waals surface area contributed by atoms with Crippen molar-refractivity contribution < 1.29 is 23.8 Å². The number of carbonyl (C=O) groups is 2. The van der Waals surface area contributed by atoms with Gasteiger partial charge >= 0.3 is 11.9 Å². The van der Waals surface area contributed by atoms with E-state index >= 15 is 0 Å². The second kappa shape index (κ2) is 51.2. The van der Waals surface area contributed by atoms with Crippen LogP contribution < -0.4 is 0 Å². The molecule has 0 saturated heterocycles. The highest BCUT2D eigenvalue weighted by atomic mass is 16.6. The summed E-state index contributed by atoms with van der Waals surface area (Å²) in [6.07, 6.45) is 62.6. The summed E-state index contributed by atoms with van der Waals surface area (Å²) in [5.74, 6) is -0.401. The Labute approximate surface area is 373 Å². The van der Waals surface area contributed by atoms with Gasteiger partial charge < -0.3 is 14.2 Å². The maximum Gasteiger partial charge on any atom is 0.306 e.